The van der Waals surface area contributed by atoms with Crippen molar-refractivity contribution >= 4 is 0 Å². The van der Waals surface area contributed by atoms with Crippen LogP contribution in [0.2, 0.25) is 0 Å². The lowest BCUT2D eigenvalue weighted by molar-refractivity contribution is 0.573. The predicted octanol–water partition coefficient (Wildman–Crippen LogP) is 2.80. The molecule has 0 bridgehead atoms. The van der Waals surface area contributed by atoms with E-state index in [-0.39, 0.29) is 6.04 Å². The van der Waals surface area contributed by atoms with E-state index in [1.54, 1.807) is 6.20 Å². The summed E-state index contributed by atoms with van der Waals surface area (Å²) in [4.78, 5) is 4.05. The Hall–Kier alpha value is -2.18. The molecule has 0 saturated carbocycles. The highest BCUT2D eigenvalue weighted by Crippen LogP contribution is 2.12. The number of pyridine rings is 1. The molecule has 2 rings (SSSR count). The van der Waals surface area contributed by atoms with Crippen molar-refractivity contribution in [3.8, 4) is 6.07 Å². The summed E-state index contributed by atoms with van der Waals surface area (Å²) in [6.45, 7) is 2.75. The second-order valence-corrected chi connectivity index (χ2v) is 4.14. The molecule has 90 valence electrons. The molecular formula is C15H15N3. The van der Waals surface area contributed by atoms with Gasteiger partial charge in [-0.25, -0.2) is 4.98 Å². The molecule has 1 N–H and O–H groups in total. The first kappa shape index (κ1) is 12.3. The van der Waals surface area contributed by atoms with Crippen LogP contribution in [0.1, 0.15) is 29.8 Å². The zero-order chi connectivity index (χ0) is 12.8. The Bertz CT molecular complexity index is 543. The second kappa shape index (κ2) is 5.95. The van der Waals surface area contributed by atoms with E-state index in [0.717, 1.165) is 5.56 Å². The fourth-order valence-corrected chi connectivity index (χ4v) is 1.80. The van der Waals surface area contributed by atoms with E-state index in [9.17, 15) is 0 Å². The van der Waals surface area contributed by atoms with Gasteiger partial charge in [-0.1, -0.05) is 36.4 Å². The summed E-state index contributed by atoms with van der Waals surface area (Å²) in [7, 11) is 0. The highest BCUT2D eigenvalue weighted by molar-refractivity contribution is 5.30. The number of hydrogen-bond donors (Lipinski definition) is 1. The molecule has 0 amide bonds. The van der Waals surface area contributed by atoms with Crippen LogP contribution in [-0.4, -0.2) is 4.98 Å². The summed E-state index contributed by atoms with van der Waals surface area (Å²) in [6.07, 6.45) is 1.64. The van der Waals surface area contributed by atoms with Gasteiger partial charge in [-0.3, -0.25) is 0 Å². The summed E-state index contributed by atoms with van der Waals surface area (Å²) in [5, 5.41) is 12.4. The Morgan fingerprint density at radius 2 is 2.00 bits per heavy atom. The van der Waals surface area contributed by atoms with Gasteiger partial charge >= 0.3 is 0 Å². The summed E-state index contributed by atoms with van der Waals surface area (Å²) in [6, 6.07) is 16.4. The maximum Gasteiger partial charge on any atom is 0.144 e. The molecule has 1 atom stereocenters. The van der Waals surface area contributed by atoms with Gasteiger partial charge in [-0.2, -0.15) is 5.26 Å². The zero-order valence-electron chi connectivity index (χ0n) is 10.3. The molecule has 3 heteroatoms. The largest absolute Gasteiger partial charge is 0.306 e. The van der Waals surface area contributed by atoms with Crippen molar-refractivity contribution in [2.45, 2.75) is 19.5 Å². The molecular weight excluding hydrogens is 222 g/mol. The van der Waals surface area contributed by atoms with Crippen LogP contribution in [0.4, 0.5) is 0 Å². The average molecular weight is 237 g/mol. The highest BCUT2D eigenvalue weighted by atomic mass is 14.9. The molecule has 1 aromatic heterocycles. The SMILES string of the molecule is C[C@@H](NCc1cccnc1C#N)c1ccccc1. The maximum atomic E-state index is 8.96. The monoisotopic (exact) mass is 237 g/mol. The minimum atomic E-state index is 0.248. The molecule has 0 saturated heterocycles. The van der Waals surface area contributed by atoms with Gasteiger partial charge in [0.05, 0.1) is 0 Å². The molecule has 2 aromatic rings. The first-order chi connectivity index (χ1) is 8.81. The quantitative estimate of drug-likeness (QED) is 0.889. The van der Waals surface area contributed by atoms with Crippen molar-refractivity contribution in [2.75, 3.05) is 0 Å². The Balaban J connectivity index is 2.02. The van der Waals surface area contributed by atoms with Crippen LogP contribution < -0.4 is 5.32 Å². The molecule has 1 aromatic carbocycles. The number of benzene rings is 1. The first-order valence-corrected chi connectivity index (χ1v) is 5.93. The third-order valence-corrected chi connectivity index (χ3v) is 2.90. The molecule has 0 radical (unpaired) electrons. The lowest BCUT2D eigenvalue weighted by Crippen LogP contribution is -2.18. The molecule has 0 fully saturated rings. The van der Waals surface area contributed by atoms with Gasteiger partial charge in [0.25, 0.3) is 0 Å². The minimum absolute atomic E-state index is 0.248. The zero-order valence-corrected chi connectivity index (χ0v) is 10.3. The lowest BCUT2D eigenvalue weighted by Gasteiger charge is -2.14. The Kier molecular flexibility index (Phi) is 4.06. The van der Waals surface area contributed by atoms with E-state index in [2.05, 4.69) is 35.4 Å². The van der Waals surface area contributed by atoms with E-state index in [4.69, 9.17) is 5.26 Å². The molecule has 3 nitrogen and oxygen atoms in total. The summed E-state index contributed by atoms with van der Waals surface area (Å²) >= 11 is 0. The van der Waals surface area contributed by atoms with Gasteiger partial charge in [-0.05, 0) is 18.6 Å². The maximum absolute atomic E-state index is 8.96. The van der Waals surface area contributed by atoms with E-state index in [1.165, 1.54) is 5.56 Å². The molecule has 0 spiro atoms. The third-order valence-electron chi connectivity index (χ3n) is 2.90. The highest BCUT2D eigenvalue weighted by Gasteiger charge is 2.06. The van der Waals surface area contributed by atoms with Crippen LogP contribution in [0.15, 0.2) is 48.7 Å². The van der Waals surface area contributed by atoms with E-state index >= 15 is 0 Å². The first-order valence-electron chi connectivity index (χ1n) is 5.93. The predicted molar refractivity (Wildman–Crippen MR) is 70.6 cm³/mol. The molecule has 0 aliphatic rings. The molecule has 0 aliphatic carbocycles. The number of rotatable bonds is 4. The Labute approximate surface area is 107 Å². The van der Waals surface area contributed by atoms with Gasteiger partial charge in [0.1, 0.15) is 11.8 Å². The fraction of sp³-hybridized carbons (Fsp3) is 0.200. The summed E-state index contributed by atoms with van der Waals surface area (Å²) in [5.74, 6) is 0. The van der Waals surface area contributed by atoms with Crippen molar-refractivity contribution in [1.29, 1.82) is 5.26 Å². The molecule has 0 unspecified atom stereocenters. The van der Waals surface area contributed by atoms with Crippen molar-refractivity contribution in [2.24, 2.45) is 0 Å². The van der Waals surface area contributed by atoms with Crippen molar-refractivity contribution in [3.05, 3.63) is 65.5 Å². The van der Waals surface area contributed by atoms with Gasteiger partial charge < -0.3 is 5.32 Å². The fourth-order valence-electron chi connectivity index (χ4n) is 1.80. The molecule has 1 heterocycles. The second-order valence-electron chi connectivity index (χ2n) is 4.14. The number of nitrogens with one attached hydrogen (secondary N) is 1. The molecule has 0 aliphatic heterocycles. The lowest BCUT2D eigenvalue weighted by atomic mass is 10.1. The van der Waals surface area contributed by atoms with Crippen LogP contribution >= 0.6 is 0 Å². The summed E-state index contributed by atoms with van der Waals surface area (Å²) in [5.41, 5.74) is 2.66. The topological polar surface area (TPSA) is 48.7 Å². The Morgan fingerprint density at radius 1 is 1.22 bits per heavy atom. The average Bonchev–Trinajstić information content (AvgIpc) is 2.46. The minimum Gasteiger partial charge on any atom is -0.306 e. The third kappa shape index (κ3) is 2.93. The van der Waals surface area contributed by atoms with Gasteiger partial charge in [0.15, 0.2) is 0 Å². The molecule has 18 heavy (non-hydrogen) atoms. The Morgan fingerprint density at radius 3 is 2.72 bits per heavy atom. The number of aromatic nitrogens is 1. The van der Waals surface area contributed by atoms with E-state index < -0.39 is 0 Å². The normalized spacial score (nSPS) is 11.8. The van der Waals surface area contributed by atoms with Crippen molar-refractivity contribution in [1.82, 2.24) is 10.3 Å². The van der Waals surface area contributed by atoms with Crippen molar-refractivity contribution < 1.29 is 0 Å². The standard InChI is InChI=1S/C15H15N3/c1-12(13-6-3-2-4-7-13)18-11-14-8-5-9-17-15(14)10-16/h2-9,12,18H,11H2,1H3/t12-/m1/s1. The van der Waals surface area contributed by atoms with Crippen LogP contribution in [0.25, 0.3) is 0 Å². The number of nitrogens with zero attached hydrogens (tertiary/aromatic N) is 2. The number of hydrogen-bond acceptors (Lipinski definition) is 3. The number of nitriles is 1. The van der Waals surface area contributed by atoms with E-state index in [0.29, 0.717) is 12.2 Å². The smallest absolute Gasteiger partial charge is 0.144 e. The van der Waals surface area contributed by atoms with Crippen molar-refractivity contribution in [3.63, 3.8) is 0 Å². The summed E-state index contributed by atoms with van der Waals surface area (Å²) < 4.78 is 0. The van der Waals surface area contributed by atoms with Crippen LogP contribution in [-0.2, 0) is 6.54 Å². The van der Waals surface area contributed by atoms with Crippen LogP contribution in [0.3, 0.4) is 0 Å². The van der Waals surface area contributed by atoms with Crippen LogP contribution in [0, 0.1) is 11.3 Å². The van der Waals surface area contributed by atoms with E-state index in [1.807, 2.05) is 30.3 Å². The van der Waals surface area contributed by atoms with Crippen LogP contribution in [0.5, 0.6) is 0 Å². The van der Waals surface area contributed by atoms with Gasteiger partial charge in [0, 0.05) is 24.3 Å². The van der Waals surface area contributed by atoms with Gasteiger partial charge in [-0.15, -0.1) is 0 Å². The van der Waals surface area contributed by atoms with Gasteiger partial charge in [0.2, 0.25) is 0 Å².